The quantitative estimate of drug-likeness (QED) is 0.793. The molecule has 2 atom stereocenters. The summed E-state index contributed by atoms with van der Waals surface area (Å²) >= 11 is 0. The van der Waals surface area contributed by atoms with Crippen LogP contribution in [0.4, 0.5) is 13.2 Å². The summed E-state index contributed by atoms with van der Waals surface area (Å²) in [6.07, 6.45) is -1.16. The Morgan fingerprint density at radius 1 is 1.11 bits per heavy atom. The third kappa shape index (κ3) is 3.91. The predicted octanol–water partition coefficient (Wildman–Crippen LogP) is 3.71. The number of piperidine rings is 1. The standard InChI is InChI=1S/C19H25F3N2O3S/c1-13-5-3-4-12-24(13)28(26,27)16-10-6-14(7-11-16)17(25)23-18(2,15-8-9-15)19(20,21)22/h6-7,10-11,13,15H,3-5,8-9,12H2,1-2H3,(H,23,25)/t13-,18-/m1/s1. The van der Waals surface area contributed by atoms with Gasteiger partial charge in [-0.3, -0.25) is 4.79 Å². The molecule has 1 N–H and O–H groups in total. The van der Waals surface area contributed by atoms with Gasteiger partial charge in [-0.25, -0.2) is 8.42 Å². The maximum Gasteiger partial charge on any atom is 0.411 e. The number of amides is 1. The third-order valence-electron chi connectivity index (χ3n) is 5.82. The molecule has 1 aromatic carbocycles. The highest BCUT2D eigenvalue weighted by molar-refractivity contribution is 7.89. The molecule has 5 nitrogen and oxygen atoms in total. The molecule has 9 heteroatoms. The number of halogens is 3. The van der Waals surface area contributed by atoms with Gasteiger partial charge in [-0.15, -0.1) is 0 Å². The molecule has 0 spiro atoms. The van der Waals surface area contributed by atoms with Crippen LogP contribution in [0.3, 0.4) is 0 Å². The summed E-state index contributed by atoms with van der Waals surface area (Å²) in [5.41, 5.74) is -2.28. The van der Waals surface area contributed by atoms with E-state index in [0.717, 1.165) is 26.2 Å². The minimum atomic E-state index is -4.56. The number of hydrogen-bond donors (Lipinski definition) is 1. The van der Waals surface area contributed by atoms with E-state index in [1.54, 1.807) is 0 Å². The SMILES string of the molecule is C[C@@H]1CCCCN1S(=O)(=O)c1ccc(C(=O)N[C@](C)(C2CC2)C(F)(F)F)cc1. The van der Waals surface area contributed by atoms with Gasteiger partial charge in [0, 0.05) is 18.2 Å². The number of carbonyl (C=O) groups excluding carboxylic acids is 1. The molecule has 1 amide bonds. The van der Waals surface area contributed by atoms with Crippen molar-refractivity contribution < 1.29 is 26.4 Å². The molecule has 28 heavy (non-hydrogen) atoms. The van der Waals surface area contributed by atoms with Crippen molar-refractivity contribution in [1.82, 2.24) is 9.62 Å². The number of sulfonamides is 1. The van der Waals surface area contributed by atoms with Crippen LogP contribution in [0.15, 0.2) is 29.2 Å². The lowest BCUT2D eigenvalue weighted by Crippen LogP contribution is -2.58. The molecular weight excluding hydrogens is 393 g/mol. The van der Waals surface area contributed by atoms with E-state index in [1.807, 2.05) is 6.92 Å². The molecule has 1 heterocycles. The van der Waals surface area contributed by atoms with Gasteiger partial charge in [0.1, 0.15) is 5.54 Å². The molecule has 3 rings (SSSR count). The third-order valence-corrected chi connectivity index (χ3v) is 7.85. The highest BCUT2D eigenvalue weighted by Gasteiger charge is 2.60. The first-order chi connectivity index (χ1) is 13.0. The zero-order chi connectivity index (χ0) is 20.7. The Bertz CT molecular complexity index is 835. The first kappa shape index (κ1) is 21.1. The van der Waals surface area contributed by atoms with E-state index >= 15 is 0 Å². The van der Waals surface area contributed by atoms with E-state index in [4.69, 9.17) is 0 Å². The lowest BCUT2D eigenvalue weighted by Gasteiger charge is -2.33. The summed E-state index contributed by atoms with van der Waals surface area (Å²) in [6, 6.07) is 5.00. The molecule has 1 saturated heterocycles. The molecule has 156 valence electrons. The number of alkyl halides is 3. The first-order valence-electron chi connectivity index (χ1n) is 9.48. The van der Waals surface area contributed by atoms with Gasteiger partial charge in [0.05, 0.1) is 4.90 Å². The van der Waals surface area contributed by atoms with Gasteiger partial charge in [-0.1, -0.05) is 6.42 Å². The van der Waals surface area contributed by atoms with Crippen molar-refractivity contribution in [2.75, 3.05) is 6.54 Å². The lowest BCUT2D eigenvalue weighted by atomic mass is 9.94. The van der Waals surface area contributed by atoms with Crippen LogP contribution in [0.2, 0.25) is 0 Å². The van der Waals surface area contributed by atoms with E-state index < -0.39 is 33.6 Å². The topological polar surface area (TPSA) is 66.5 Å². The van der Waals surface area contributed by atoms with Crippen LogP contribution in [0.25, 0.3) is 0 Å². The van der Waals surface area contributed by atoms with Gasteiger partial charge >= 0.3 is 6.18 Å². The van der Waals surface area contributed by atoms with Crippen LogP contribution in [-0.2, 0) is 10.0 Å². The van der Waals surface area contributed by atoms with E-state index in [-0.39, 0.29) is 16.5 Å². The number of nitrogens with zero attached hydrogens (tertiary/aromatic N) is 1. The van der Waals surface area contributed by atoms with Crippen molar-refractivity contribution in [2.24, 2.45) is 5.92 Å². The largest absolute Gasteiger partial charge is 0.411 e. The molecule has 1 aliphatic heterocycles. The van der Waals surface area contributed by atoms with Crippen LogP contribution in [0, 0.1) is 5.92 Å². The van der Waals surface area contributed by atoms with Crippen LogP contribution in [-0.4, -0.2) is 42.9 Å². The highest BCUT2D eigenvalue weighted by Crippen LogP contribution is 2.48. The van der Waals surface area contributed by atoms with Crippen molar-refractivity contribution in [3.8, 4) is 0 Å². The van der Waals surface area contributed by atoms with Gasteiger partial charge in [-0.2, -0.15) is 17.5 Å². The Labute approximate surface area is 163 Å². The van der Waals surface area contributed by atoms with Crippen molar-refractivity contribution in [2.45, 2.75) is 68.6 Å². The first-order valence-corrected chi connectivity index (χ1v) is 10.9. The lowest BCUT2D eigenvalue weighted by molar-refractivity contribution is -0.194. The number of carbonyl (C=O) groups is 1. The summed E-state index contributed by atoms with van der Waals surface area (Å²) in [7, 11) is -3.69. The smallest absolute Gasteiger partial charge is 0.338 e. The molecule has 1 aromatic rings. The summed E-state index contributed by atoms with van der Waals surface area (Å²) in [5, 5.41) is 2.12. The summed E-state index contributed by atoms with van der Waals surface area (Å²) < 4.78 is 67.4. The van der Waals surface area contributed by atoms with E-state index in [1.165, 1.54) is 28.6 Å². The van der Waals surface area contributed by atoms with Crippen molar-refractivity contribution in [3.63, 3.8) is 0 Å². The summed E-state index contributed by atoms with van der Waals surface area (Å²) in [6.45, 7) is 3.30. The molecule has 2 aliphatic rings. The van der Waals surface area contributed by atoms with Crippen molar-refractivity contribution in [1.29, 1.82) is 0 Å². The molecular formula is C19H25F3N2O3S. The Morgan fingerprint density at radius 3 is 2.21 bits per heavy atom. The Balaban J connectivity index is 1.78. The van der Waals surface area contributed by atoms with Gasteiger partial charge < -0.3 is 5.32 Å². The summed E-state index contributed by atoms with van der Waals surface area (Å²) in [4.78, 5) is 12.4. The monoisotopic (exact) mass is 418 g/mol. The second kappa shape index (κ2) is 7.33. The van der Waals surface area contributed by atoms with E-state index in [9.17, 15) is 26.4 Å². The highest BCUT2D eigenvalue weighted by atomic mass is 32.2. The molecule has 1 aliphatic carbocycles. The van der Waals surface area contributed by atoms with Gasteiger partial charge in [0.15, 0.2) is 0 Å². The number of benzene rings is 1. The van der Waals surface area contributed by atoms with Crippen molar-refractivity contribution in [3.05, 3.63) is 29.8 Å². The van der Waals surface area contributed by atoms with E-state index in [2.05, 4.69) is 5.32 Å². The van der Waals surface area contributed by atoms with Crippen molar-refractivity contribution >= 4 is 15.9 Å². The van der Waals surface area contributed by atoms with Gasteiger partial charge in [0.2, 0.25) is 10.0 Å². The maximum absolute atomic E-state index is 13.4. The zero-order valence-electron chi connectivity index (χ0n) is 15.9. The Hall–Kier alpha value is -1.61. The average molecular weight is 418 g/mol. The average Bonchev–Trinajstić information content (AvgIpc) is 3.46. The normalized spacial score (nSPS) is 23.8. The summed E-state index contributed by atoms with van der Waals surface area (Å²) in [5.74, 6) is -1.49. The maximum atomic E-state index is 13.4. The molecule has 1 saturated carbocycles. The van der Waals surface area contributed by atoms with Crippen LogP contribution < -0.4 is 5.32 Å². The zero-order valence-corrected chi connectivity index (χ0v) is 16.7. The minimum absolute atomic E-state index is 0.00164. The van der Waals surface area contributed by atoms with Crippen LogP contribution in [0.1, 0.15) is 56.3 Å². The Kier molecular flexibility index (Phi) is 5.53. The number of hydrogen-bond acceptors (Lipinski definition) is 3. The van der Waals surface area contributed by atoms with Gasteiger partial charge in [0.25, 0.3) is 5.91 Å². The molecule has 2 fully saturated rings. The fraction of sp³-hybridized carbons (Fsp3) is 0.632. The molecule has 0 aromatic heterocycles. The number of rotatable bonds is 5. The number of nitrogens with one attached hydrogen (secondary N) is 1. The second-order valence-electron chi connectivity index (χ2n) is 7.91. The molecule has 0 radical (unpaired) electrons. The Morgan fingerprint density at radius 2 is 1.71 bits per heavy atom. The van der Waals surface area contributed by atoms with Crippen LogP contribution in [0.5, 0.6) is 0 Å². The minimum Gasteiger partial charge on any atom is -0.338 e. The predicted molar refractivity (Wildman–Crippen MR) is 98.3 cm³/mol. The second-order valence-corrected chi connectivity index (χ2v) is 9.80. The molecule has 0 unspecified atom stereocenters. The molecule has 0 bridgehead atoms. The van der Waals surface area contributed by atoms with E-state index in [0.29, 0.717) is 19.4 Å². The fourth-order valence-electron chi connectivity index (χ4n) is 3.72. The fourth-order valence-corrected chi connectivity index (χ4v) is 5.42. The van der Waals surface area contributed by atoms with Gasteiger partial charge in [-0.05, 0) is 69.7 Å². The van der Waals surface area contributed by atoms with Crippen LogP contribution >= 0.6 is 0 Å².